The largest absolute Gasteiger partial charge is 0.413 e. The second-order valence-corrected chi connectivity index (χ2v) is 17.7. The van der Waals surface area contributed by atoms with Gasteiger partial charge in [0.15, 0.2) is 8.32 Å². The Bertz CT molecular complexity index is 1520. The van der Waals surface area contributed by atoms with Crippen molar-refractivity contribution in [1.29, 1.82) is 0 Å². The molecule has 0 aliphatic heterocycles. The van der Waals surface area contributed by atoms with Crippen molar-refractivity contribution in [3.05, 3.63) is 88.7 Å². The van der Waals surface area contributed by atoms with Crippen LogP contribution in [0.1, 0.15) is 46.2 Å². The van der Waals surface area contributed by atoms with Crippen LogP contribution in [0.3, 0.4) is 0 Å². The van der Waals surface area contributed by atoms with Crippen LogP contribution in [0.4, 0.5) is 23.7 Å². The molecule has 3 amide bonds. The molecular weight excluding hydrogens is 601 g/mol. The van der Waals surface area contributed by atoms with Crippen molar-refractivity contribution in [3.63, 3.8) is 0 Å². The summed E-state index contributed by atoms with van der Waals surface area (Å²) in [6, 6.07) is 17.9. The fourth-order valence-electron chi connectivity index (χ4n) is 4.94. The summed E-state index contributed by atoms with van der Waals surface area (Å²) in [5.41, 5.74) is 6.25. The lowest BCUT2D eigenvalue weighted by atomic mass is 9.82. The zero-order valence-electron chi connectivity index (χ0n) is 26.7. The van der Waals surface area contributed by atoms with E-state index < -0.39 is 61.0 Å². The Labute approximate surface area is 263 Å². The molecule has 1 heterocycles. The van der Waals surface area contributed by atoms with Gasteiger partial charge >= 0.3 is 12.2 Å². The molecule has 3 unspecified atom stereocenters. The SMILES string of the molecule is CC(C)C(C(C(N)=O)n1c(-c2ccccc2)ccc(NC(=O)NCc2ccccc2)c1=O)C(O[Si](C)(C)C(C)(C)C)C(F)(F)F. The summed E-state index contributed by atoms with van der Waals surface area (Å²) >= 11 is 0. The van der Waals surface area contributed by atoms with Crippen molar-refractivity contribution >= 4 is 25.9 Å². The molecule has 3 rings (SSSR count). The number of pyridine rings is 1. The Morgan fingerprint density at radius 1 is 0.933 bits per heavy atom. The van der Waals surface area contributed by atoms with Gasteiger partial charge in [0.25, 0.3) is 5.56 Å². The molecule has 0 aliphatic rings. The molecule has 0 radical (unpaired) electrons. The number of nitrogens with zero attached hydrogens (tertiary/aromatic N) is 1. The highest BCUT2D eigenvalue weighted by Gasteiger charge is 2.55. The van der Waals surface area contributed by atoms with Crippen LogP contribution in [-0.2, 0) is 15.8 Å². The maximum atomic E-state index is 15.0. The van der Waals surface area contributed by atoms with Gasteiger partial charge in [-0.1, -0.05) is 95.3 Å². The molecule has 1 aromatic heterocycles. The maximum Gasteiger partial charge on any atom is 0.413 e. The van der Waals surface area contributed by atoms with Crippen LogP contribution in [0.25, 0.3) is 11.3 Å². The first-order valence-electron chi connectivity index (χ1n) is 14.8. The molecule has 2 aromatic carbocycles. The van der Waals surface area contributed by atoms with Gasteiger partial charge in [0.2, 0.25) is 5.91 Å². The third kappa shape index (κ3) is 8.63. The number of amides is 3. The van der Waals surface area contributed by atoms with Gasteiger partial charge in [-0.2, -0.15) is 13.2 Å². The molecule has 0 bridgehead atoms. The standard InChI is InChI=1S/C33H43F3N4O4Si/c1-21(2)26(28(33(34,35)36)44-45(6,7)32(3,4)5)27(29(37)41)40-25(23-16-12-9-13-17-23)19-18-24(30(40)42)39-31(43)38-20-22-14-10-8-11-15-22/h8-19,21,26-28H,20H2,1-7H3,(H2,37,41)(H2,38,39,43). The number of primary amides is 1. The van der Waals surface area contributed by atoms with E-state index in [1.807, 2.05) is 51.1 Å². The van der Waals surface area contributed by atoms with Crippen molar-refractivity contribution < 1.29 is 27.2 Å². The van der Waals surface area contributed by atoms with Crippen LogP contribution in [-0.4, -0.2) is 37.1 Å². The minimum atomic E-state index is -4.89. The van der Waals surface area contributed by atoms with Crippen LogP contribution in [0.2, 0.25) is 18.1 Å². The van der Waals surface area contributed by atoms with Gasteiger partial charge in [-0.15, -0.1) is 0 Å². The predicted molar refractivity (Wildman–Crippen MR) is 173 cm³/mol. The molecule has 0 saturated heterocycles. The van der Waals surface area contributed by atoms with Crippen molar-refractivity contribution in [2.45, 2.75) is 77.6 Å². The first kappa shape index (κ1) is 35.6. The number of carbonyl (C=O) groups excluding carboxylic acids is 2. The summed E-state index contributed by atoms with van der Waals surface area (Å²) < 4.78 is 51.9. The summed E-state index contributed by atoms with van der Waals surface area (Å²) in [6.07, 6.45) is -7.29. The van der Waals surface area contributed by atoms with Crippen molar-refractivity contribution in [2.75, 3.05) is 5.32 Å². The van der Waals surface area contributed by atoms with Crippen LogP contribution >= 0.6 is 0 Å². The van der Waals surface area contributed by atoms with Crippen LogP contribution in [0, 0.1) is 11.8 Å². The third-order valence-corrected chi connectivity index (χ3v) is 12.8. The zero-order valence-corrected chi connectivity index (χ0v) is 27.7. The van der Waals surface area contributed by atoms with Crippen molar-refractivity contribution in [2.24, 2.45) is 17.6 Å². The normalized spacial score (nSPS) is 14.5. The summed E-state index contributed by atoms with van der Waals surface area (Å²) in [5.74, 6) is -3.52. The summed E-state index contributed by atoms with van der Waals surface area (Å²) in [6.45, 7) is 12.1. The Kier molecular flexibility index (Phi) is 11.1. The maximum absolute atomic E-state index is 15.0. The van der Waals surface area contributed by atoms with Gasteiger partial charge in [-0.25, -0.2) is 4.79 Å². The fraction of sp³-hybridized carbons (Fsp3) is 0.424. The van der Waals surface area contributed by atoms with Crippen LogP contribution in [0.5, 0.6) is 0 Å². The number of urea groups is 1. The number of alkyl halides is 3. The predicted octanol–water partition coefficient (Wildman–Crippen LogP) is 7.09. The highest BCUT2D eigenvalue weighted by molar-refractivity contribution is 6.74. The van der Waals surface area contributed by atoms with Crippen molar-refractivity contribution in [1.82, 2.24) is 9.88 Å². The number of carbonyl (C=O) groups is 2. The molecular formula is C33H43F3N4O4Si. The van der Waals surface area contributed by atoms with Gasteiger partial charge in [0.1, 0.15) is 17.8 Å². The smallest absolute Gasteiger partial charge is 0.405 e. The molecule has 12 heteroatoms. The quantitative estimate of drug-likeness (QED) is 0.193. The highest BCUT2D eigenvalue weighted by atomic mass is 28.4. The van der Waals surface area contributed by atoms with Crippen molar-refractivity contribution in [3.8, 4) is 11.3 Å². The molecule has 0 spiro atoms. The number of nitrogens with one attached hydrogen (secondary N) is 2. The lowest BCUT2D eigenvalue weighted by Crippen LogP contribution is -2.55. The van der Waals surface area contributed by atoms with Gasteiger partial charge in [0.05, 0.1) is 5.69 Å². The van der Waals surface area contributed by atoms with E-state index in [4.69, 9.17) is 10.2 Å². The fourth-order valence-corrected chi connectivity index (χ4v) is 6.22. The average Bonchev–Trinajstić information content (AvgIpc) is 2.94. The molecule has 244 valence electrons. The van der Waals surface area contributed by atoms with Crippen LogP contribution in [0.15, 0.2) is 77.6 Å². The third-order valence-electron chi connectivity index (χ3n) is 8.33. The molecule has 0 aliphatic carbocycles. The molecule has 0 fully saturated rings. The van der Waals surface area contributed by atoms with E-state index in [1.54, 1.807) is 57.3 Å². The minimum absolute atomic E-state index is 0.165. The Balaban J connectivity index is 2.20. The molecule has 3 aromatic rings. The number of anilines is 1. The molecule has 4 N–H and O–H groups in total. The number of aromatic nitrogens is 1. The van der Waals surface area contributed by atoms with Gasteiger partial charge in [-0.05, 0) is 47.3 Å². The monoisotopic (exact) mass is 644 g/mol. The number of hydrogen-bond acceptors (Lipinski definition) is 4. The van der Waals surface area contributed by atoms with E-state index in [0.717, 1.165) is 10.1 Å². The molecule has 3 atom stereocenters. The van der Waals surface area contributed by atoms with E-state index in [0.29, 0.717) is 5.56 Å². The number of nitrogens with two attached hydrogens (primary N) is 1. The van der Waals surface area contributed by atoms with Gasteiger partial charge in [-0.3, -0.25) is 14.2 Å². The highest BCUT2D eigenvalue weighted by Crippen LogP contribution is 2.45. The van der Waals surface area contributed by atoms with Gasteiger partial charge < -0.3 is 20.8 Å². The first-order valence-corrected chi connectivity index (χ1v) is 17.7. The summed E-state index contributed by atoms with van der Waals surface area (Å²) in [7, 11) is -3.05. The minimum Gasteiger partial charge on any atom is -0.405 e. The van der Waals surface area contributed by atoms with Crippen LogP contribution < -0.4 is 21.9 Å². The molecule has 0 saturated carbocycles. The lowest BCUT2D eigenvalue weighted by molar-refractivity contribution is -0.222. The average molecular weight is 645 g/mol. The Hall–Kier alpha value is -3.90. The second kappa shape index (κ2) is 14.0. The Morgan fingerprint density at radius 2 is 1.49 bits per heavy atom. The summed E-state index contributed by atoms with van der Waals surface area (Å²) in [5, 5.41) is 4.57. The van der Waals surface area contributed by atoms with E-state index in [1.165, 1.54) is 12.1 Å². The van der Waals surface area contributed by atoms with E-state index >= 15 is 0 Å². The lowest BCUT2D eigenvalue weighted by Gasteiger charge is -2.44. The van der Waals surface area contributed by atoms with E-state index in [-0.39, 0.29) is 17.9 Å². The molecule has 45 heavy (non-hydrogen) atoms. The molecule has 8 nitrogen and oxygen atoms in total. The zero-order chi connectivity index (χ0) is 33.7. The van der Waals surface area contributed by atoms with E-state index in [9.17, 15) is 27.6 Å². The second-order valence-electron chi connectivity index (χ2n) is 13.0. The summed E-state index contributed by atoms with van der Waals surface area (Å²) in [4.78, 5) is 40.3. The van der Waals surface area contributed by atoms with E-state index in [2.05, 4.69) is 10.6 Å². The van der Waals surface area contributed by atoms with Gasteiger partial charge in [0, 0.05) is 12.5 Å². The topological polar surface area (TPSA) is 115 Å². The first-order chi connectivity index (χ1) is 20.8. The Morgan fingerprint density at radius 3 is 1.98 bits per heavy atom. The number of benzene rings is 2. The number of halogens is 3. The number of hydrogen-bond donors (Lipinski definition) is 3. The number of rotatable bonds is 11.